The van der Waals surface area contributed by atoms with Gasteiger partial charge in [0.05, 0.1) is 12.7 Å². The van der Waals surface area contributed by atoms with Crippen molar-refractivity contribution >= 4 is 12.4 Å². The molecule has 0 rings (SSSR count). The maximum Gasteiger partial charge on any atom is 0.323 e. The lowest BCUT2D eigenvalue weighted by Crippen LogP contribution is -2.41. The molecule has 0 aliphatic carbocycles. The molecule has 0 aromatic heterocycles. The number of aliphatic carboxylic acids is 1. The van der Waals surface area contributed by atoms with Gasteiger partial charge in [-0.25, -0.2) is 0 Å². The van der Waals surface area contributed by atoms with Crippen LogP contribution >= 0.6 is 0 Å². The fraction of sp³-hybridized carbons (Fsp3) is 0.714. The van der Waals surface area contributed by atoms with Crippen molar-refractivity contribution in [3.8, 4) is 0 Å². The molecule has 6 nitrogen and oxygen atoms in total. The quantitative estimate of drug-likeness (QED) is 0.341. The van der Waals surface area contributed by atoms with E-state index in [-0.39, 0.29) is 13.0 Å². The number of hydrogen-bond donors (Lipinski definition) is 3. The number of carbonyl (C=O) groups is 2. The second-order valence-corrected chi connectivity index (χ2v) is 2.54. The lowest BCUT2D eigenvalue weighted by molar-refractivity contribution is -0.141. The molecule has 0 aliphatic rings. The minimum Gasteiger partial charge on any atom is -0.480 e. The van der Waals surface area contributed by atoms with Gasteiger partial charge in [-0.2, -0.15) is 0 Å². The number of hydrogen-bond acceptors (Lipinski definition) is 5. The number of carbonyl (C=O) groups excluding carboxylic acids is 1. The standard InChI is InChI=1S/C7H13NO5/c8-6(7(11)12)5(10)2-1-3-13-4-9/h4-6,10H,1-3,8H2,(H,11,12). The van der Waals surface area contributed by atoms with Gasteiger partial charge in [0.1, 0.15) is 6.04 Å². The first-order valence-electron chi connectivity index (χ1n) is 3.81. The van der Waals surface area contributed by atoms with Crippen LogP contribution in [0.3, 0.4) is 0 Å². The monoisotopic (exact) mass is 191 g/mol. The van der Waals surface area contributed by atoms with Crippen molar-refractivity contribution in [2.24, 2.45) is 5.73 Å². The molecule has 0 aromatic carbocycles. The number of ether oxygens (including phenoxy) is 1. The second-order valence-electron chi connectivity index (χ2n) is 2.54. The van der Waals surface area contributed by atoms with E-state index in [0.29, 0.717) is 12.9 Å². The zero-order valence-corrected chi connectivity index (χ0v) is 7.05. The van der Waals surface area contributed by atoms with E-state index in [2.05, 4.69) is 4.74 Å². The highest BCUT2D eigenvalue weighted by Crippen LogP contribution is 2.01. The Morgan fingerprint density at radius 1 is 1.62 bits per heavy atom. The predicted octanol–water partition coefficient (Wildman–Crippen LogP) is -1.29. The van der Waals surface area contributed by atoms with Gasteiger partial charge in [0.2, 0.25) is 0 Å². The Bertz CT molecular complexity index is 172. The summed E-state index contributed by atoms with van der Waals surface area (Å²) in [5, 5.41) is 17.5. The van der Waals surface area contributed by atoms with E-state index in [1.807, 2.05) is 0 Å². The predicted molar refractivity (Wildman–Crippen MR) is 42.9 cm³/mol. The van der Waals surface area contributed by atoms with Crippen molar-refractivity contribution in [3.05, 3.63) is 0 Å². The van der Waals surface area contributed by atoms with Gasteiger partial charge < -0.3 is 20.7 Å². The Labute approximate surface area is 75.3 Å². The first kappa shape index (κ1) is 11.9. The molecule has 0 aromatic rings. The summed E-state index contributed by atoms with van der Waals surface area (Å²) >= 11 is 0. The second kappa shape index (κ2) is 6.38. The average molecular weight is 191 g/mol. The van der Waals surface area contributed by atoms with Crippen molar-refractivity contribution in [1.82, 2.24) is 0 Å². The number of rotatable bonds is 7. The minimum atomic E-state index is -1.28. The molecule has 0 bridgehead atoms. The first-order valence-corrected chi connectivity index (χ1v) is 3.81. The van der Waals surface area contributed by atoms with Crippen molar-refractivity contribution in [2.45, 2.75) is 25.0 Å². The molecule has 0 spiro atoms. The Kier molecular flexibility index (Phi) is 5.82. The van der Waals surface area contributed by atoms with Gasteiger partial charge in [-0.15, -0.1) is 0 Å². The van der Waals surface area contributed by atoms with Crippen LogP contribution in [0.15, 0.2) is 0 Å². The Morgan fingerprint density at radius 3 is 2.69 bits per heavy atom. The van der Waals surface area contributed by atoms with Crippen LogP contribution in [0.4, 0.5) is 0 Å². The first-order chi connectivity index (χ1) is 6.09. The van der Waals surface area contributed by atoms with Gasteiger partial charge >= 0.3 is 5.97 Å². The lowest BCUT2D eigenvalue weighted by Gasteiger charge is -2.13. The van der Waals surface area contributed by atoms with Crippen molar-refractivity contribution in [2.75, 3.05) is 6.61 Å². The van der Waals surface area contributed by atoms with E-state index in [1.54, 1.807) is 0 Å². The highest BCUT2D eigenvalue weighted by Gasteiger charge is 2.20. The number of nitrogens with two attached hydrogens (primary N) is 1. The van der Waals surface area contributed by atoms with Crippen molar-refractivity contribution < 1.29 is 24.5 Å². The number of aliphatic hydroxyl groups excluding tert-OH is 1. The van der Waals surface area contributed by atoms with E-state index in [1.165, 1.54) is 0 Å². The van der Waals surface area contributed by atoms with Gasteiger partial charge in [-0.3, -0.25) is 9.59 Å². The molecular formula is C7H13NO5. The number of carboxylic acids is 1. The molecule has 0 radical (unpaired) electrons. The SMILES string of the molecule is NC(C(=O)O)C(O)CCCOC=O. The zero-order valence-electron chi connectivity index (χ0n) is 7.05. The van der Waals surface area contributed by atoms with Crippen molar-refractivity contribution in [3.63, 3.8) is 0 Å². The molecule has 0 amide bonds. The molecule has 2 atom stereocenters. The minimum absolute atomic E-state index is 0.160. The number of aliphatic hydroxyl groups is 1. The molecule has 0 heterocycles. The van der Waals surface area contributed by atoms with Crippen LogP contribution in [0.25, 0.3) is 0 Å². The maximum atomic E-state index is 10.3. The molecule has 4 N–H and O–H groups in total. The van der Waals surface area contributed by atoms with E-state index in [9.17, 15) is 9.59 Å². The average Bonchev–Trinajstić information content (AvgIpc) is 2.10. The smallest absolute Gasteiger partial charge is 0.323 e. The Balaban J connectivity index is 3.55. The third-order valence-corrected chi connectivity index (χ3v) is 1.53. The largest absolute Gasteiger partial charge is 0.480 e. The third kappa shape index (κ3) is 5.15. The summed E-state index contributed by atoms with van der Waals surface area (Å²) in [5.41, 5.74) is 5.11. The summed E-state index contributed by atoms with van der Waals surface area (Å²) in [7, 11) is 0. The lowest BCUT2D eigenvalue weighted by atomic mass is 10.1. The van der Waals surface area contributed by atoms with E-state index in [4.69, 9.17) is 15.9 Å². The van der Waals surface area contributed by atoms with E-state index >= 15 is 0 Å². The van der Waals surface area contributed by atoms with Gasteiger partial charge in [0.25, 0.3) is 6.47 Å². The summed E-state index contributed by atoms with van der Waals surface area (Å²) in [5.74, 6) is -1.25. The Morgan fingerprint density at radius 2 is 2.23 bits per heavy atom. The van der Waals surface area contributed by atoms with Crippen LogP contribution < -0.4 is 5.73 Å². The molecule has 6 heteroatoms. The molecule has 0 saturated heterocycles. The van der Waals surface area contributed by atoms with E-state index in [0.717, 1.165) is 0 Å². The molecule has 0 fully saturated rings. The summed E-state index contributed by atoms with van der Waals surface area (Å²) in [6, 6.07) is -1.28. The number of carboxylic acid groups (broad SMARTS) is 1. The van der Waals surface area contributed by atoms with Crippen LogP contribution in [-0.4, -0.2) is 41.4 Å². The van der Waals surface area contributed by atoms with Crippen LogP contribution in [0.5, 0.6) is 0 Å². The zero-order chi connectivity index (χ0) is 10.3. The van der Waals surface area contributed by atoms with Gasteiger partial charge in [-0.1, -0.05) is 0 Å². The van der Waals surface area contributed by atoms with Crippen LogP contribution in [0, 0.1) is 0 Å². The highest BCUT2D eigenvalue weighted by atomic mass is 16.5. The summed E-state index contributed by atoms with van der Waals surface area (Å²) in [6.45, 7) is 0.455. The van der Waals surface area contributed by atoms with Crippen LogP contribution in [-0.2, 0) is 14.3 Å². The molecule has 76 valence electrons. The topological polar surface area (TPSA) is 110 Å². The normalized spacial score (nSPS) is 14.6. The summed E-state index contributed by atoms with van der Waals surface area (Å²) in [4.78, 5) is 19.9. The summed E-state index contributed by atoms with van der Waals surface area (Å²) < 4.78 is 4.34. The van der Waals surface area contributed by atoms with Gasteiger partial charge in [0.15, 0.2) is 0 Å². The van der Waals surface area contributed by atoms with Crippen molar-refractivity contribution in [1.29, 1.82) is 0 Å². The maximum absolute atomic E-state index is 10.3. The van der Waals surface area contributed by atoms with Gasteiger partial charge in [0, 0.05) is 0 Å². The fourth-order valence-corrected chi connectivity index (χ4v) is 0.768. The Hall–Kier alpha value is -1.14. The van der Waals surface area contributed by atoms with E-state index < -0.39 is 18.1 Å². The van der Waals surface area contributed by atoms with Crippen LogP contribution in [0.1, 0.15) is 12.8 Å². The molecule has 13 heavy (non-hydrogen) atoms. The molecule has 0 aliphatic heterocycles. The van der Waals surface area contributed by atoms with Crippen LogP contribution in [0.2, 0.25) is 0 Å². The molecule has 2 unspecified atom stereocenters. The third-order valence-electron chi connectivity index (χ3n) is 1.53. The summed E-state index contributed by atoms with van der Waals surface area (Å²) in [6.07, 6.45) is -0.518. The highest BCUT2D eigenvalue weighted by molar-refractivity contribution is 5.73. The molecule has 0 saturated carbocycles. The molecular weight excluding hydrogens is 178 g/mol. The van der Waals surface area contributed by atoms with Gasteiger partial charge in [-0.05, 0) is 12.8 Å². The fourth-order valence-electron chi connectivity index (χ4n) is 0.768.